The van der Waals surface area contributed by atoms with Gasteiger partial charge in [-0.2, -0.15) is 18.3 Å². The van der Waals surface area contributed by atoms with Crippen LogP contribution in [0.2, 0.25) is 0 Å². The van der Waals surface area contributed by atoms with E-state index in [0.29, 0.717) is 4.73 Å². The Morgan fingerprint density at radius 3 is 2.86 bits per heavy atom. The van der Waals surface area contributed by atoms with Gasteiger partial charge in [-0.25, -0.2) is 4.73 Å². The molecule has 2 heterocycles. The Bertz CT molecular complexity index is 642. The van der Waals surface area contributed by atoms with E-state index in [2.05, 4.69) is 10.1 Å². The lowest BCUT2D eigenvalue weighted by Crippen LogP contribution is -2.33. The molecule has 2 aromatic heterocycles. The van der Waals surface area contributed by atoms with Crippen LogP contribution >= 0.6 is 0 Å². The number of hydrogen-bond acceptors (Lipinski definition) is 5. The summed E-state index contributed by atoms with van der Waals surface area (Å²) in [4.78, 5) is 15.1. The van der Waals surface area contributed by atoms with Gasteiger partial charge in [0.1, 0.15) is 12.7 Å². The fraction of sp³-hybridized carbons (Fsp3) is 0.273. The van der Waals surface area contributed by atoms with Gasteiger partial charge in [0.25, 0.3) is 0 Å². The Morgan fingerprint density at radius 2 is 2.24 bits per heavy atom. The van der Waals surface area contributed by atoms with Crippen molar-refractivity contribution < 1.29 is 27.4 Å². The monoisotopic (exact) mass is 302 g/mol. The minimum atomic E-state index is -4.57. The number of ether oxygens (including phenoxy) is 1. The van der Waals surface area contributed by atoms with E-state index in [1.54, 1.807) is 0 Å². The predicted molar refractivity (Wildman–Crippen MR) is 60.2 cm³/mol. The summed E-state index contributed by atoms with van der Waals surface area (Å²) in [6.45, 7) is -0.877. The first-order valence-electron chi connectivity index (χ1n) is 5.65. The molecule has 0 atom stereocenters. The molecule has 2 rings (SSSR count). The number of hydrogen-bond donors (Lipinski definition) is 0. The molecule has 0 aliphatic rings. The van der Waals surface area contributed by atoms with Gasteiger partial charge in [0.15, 0.2) is 12.3 Å². The molecule has 0 bridgehead atoms. The van der Waals surface area contributed by atoms with E-state index in [-0.39, 0.29) is 12.4 Å². The summed E-state index contributed by atoms with van der Waals surface area (Å²) < 4.78 is 42.9. The van der Waals surface area contributed by atoms with E-state index in [0.717, 1.165) is 16.9 Å². The van der Waals surface area contributed by atoms with E-state index in [1.807, 2.05) is 0 Å². The van der Waals surface area contributed by atoms with Crippen molar-refractivity contribution in [1.82, 2.24) is 14.8 Å². The molecule has 2 aromatic rings. The highest BCUT2D eigenvalue weighted by molar-refractivity contribution is 5.68. The summed E-state index contributed by atoms with van der Waals surface area (Å²) in [6, 6.07) is 2.15. The lowest BCUT2D eigenvalue weighted by atomic mass is 10.4. The molecule has 10 heteroatoms. The lowest BCUT2D eigenvalue weighted by molar-refractivity contribution is -0.620. The fourth-order valence-corrected chi connectivity index (χ4v) is 1.41. The Balaban J connectivity index is 1.90. The Morgan fingerprint density at radius 1 is 1.48 bits per heavy atom. The number of carbonyl (C=O) groups is 1. The molecule has 0 saturated carbocycles. The highest BCUT2D eigenvalue weighted by Gasteiger charge is 2.33. The highest BCUT2D eigenvalue weighted by Crippen LogP contribution is 2.27. The van der Waals surface area contributed by atoms with Gasteiger partial charge in [-0.3, -0.25) is 9.48 Å². The van der Waals surface area contributed by atoms with E-state index in [9.17, 15) is 23.2 Å². The predicted octanol–water partition coefficient (Wildman–Crippen LogP) is 0.674. The summed E-state index contributed by atoms with van der Waals surface area (Å²) >= 11 is 0. The van der Waals surface area contributed by atoms with Crippen LogP contribution in [-0.2, 0) is 28.9 Å². The fourth-order valence-electron chi connectivity index (χ4n) is 1.41. The maximum Gasteiger partial charge on any atom is 0.435 e. The topological polar surface area (TPSA) is 84.0 Å². The Kier molecular flexibility index (Phi) is 4.05. The van der Waals surface area contributed by atoms with Crippen LogP contribution in [0.4, 0.5) is 13.2 Å². The van der Waals surface area contributed by atoms with Crippen LogP contribution in [-0.4, -0.2) is 20.7 Å². The number of alkyl halides is 3. The van der Waals surface area contributed by atoms with Gasteiger partial charge in [-0.05, 0) is 11.1 Å². The van der Waals surface area contributed by atoms with Crippen molar-refractivity contribution >= 4 is 5.97 Å². The molecule has 0 aliphatic carbocycles. The standard InChI is InChI=1S/C11H9F3N4O3/c12-11(13,14)8-2-5-17(16-8)6-10(19)21-7-9-15-3-1-4-18(9)20/h1-5H,6-7H2. The number of aromatic nitrogens is 4. The lowest BCUT2D eigenvalue weighted by Gasteiger charge is -2.06. The van der Waals surface area contributed by atoms with Gasteiger partial charge in [0, 0.05) is 12.3 Å². The molecular formula is C11H9F3N4O3. The third-order valence-electron chi connectivity index (χ3n) is 2.37. The molecule has 0 aliphatic heterocycles. The van der Waals surface area contributed by atoms with Crippen LogP contribution in [0, 0.1) is 5.21 Å². The zero-order valence-electron chi connectivity index (χ0n) is 10.4. The molecule has 0 fully saturated rings. The Labute approximate surface area is 116 Å². The minimum absolute atomic E-state index is 0.0395. The molecule has 0 aromatic carbocycles. The highest BCUT2D eigenvalue weighted by atomic mass is 19.4. The molecule has 0 unspecified atom stereocenters. The summed E-state index contributed by atoms with van der Waals surface area (Å²) in [5, 5.41) is 14.4. The molecule has 0 saturated heterocycles. The maximum absolute atomic E-state index is 12.3. The minimum Gasteiger partial charge on any atom is -0.711 e. The van der Waals surface area contributed by atoms with E-state index in [1.165, 1.54) is 18.5 Å². The molecule has 7 nitrogen and oxygen atoms in total. The molecule has 21 heavy (non-hydrogen) atoms. The molecule has 112 valence electrons. The van der Waals surface area contributed by atoms with Crippen molar-refractivity contribution in [3.05, 3.63) is 47.4 Å². The van der Waals surface area contributed by atoms with Crippen molar-refractivity contribution in [3.63, 3.8) is 0 Å². The zero-order chi connectivity index (χ0) is 15.5. The van der Waals surface area contributed by atoms with Crippen molar-refractivity contribution in [1.29, 1.82) is 0 Å². The van der Waals surface area contributed by atoms with Gasteiger partial charge >= 0.3 is 18.0 Å². The summed E-state index contributed by atoms with van der Waals surface area (Å²) in [5.41, 5.74) is -1.10. The van der Waals surface area contributed by atoms with E-state index >= 15 is 0 Å². The smallest absolute Gasteiger partial charge is 0.435 e. The second-order valence-corrected chi connectivity index (χ2v) is 3.92. The average molecular weight is 302 g/mol. The summed E-state index contributed by atoms with van der Waals surface area (Å²) in [5.74, 6) is -0.875. The van der Waals surface area contributed by atoms with Gasteiger partial charge in [-0.1, -0.05) is 0 Å². The van der Waals surface area contributed by atoms with Crippen molar-refractivity contribution in [3.8, 4) is 0 Å². The number of carbonyl (C=O) groups excluding carboxylic acids is 1. The van der Waals surface area contributed by atoms with Crippen molar-refractivity contribution in [2.75, 3.05) is 0 Å². The molecular weight excluding hydrogens is 293 g/mol. The first-order valence-corrected chi connectivity index (χ1v) is 5.65. The van der Waals surface area contributed by atoms with Gasteiger partial charge in [-0.15, -0.1) is 0 Å². The van der Waals surface area contributed by atoms with E-state index in [4.69, 9.17) is 4.74 Å². The zero-order valence-corrected chi connectivity index (χ0v) is 10.4. The number of halogens is 3. The van der Waals surface area contributed by atoms with Gasteiger partial charge in [0.05, 0.1) is 6.20 Å². The second-order valence-electron chi connectivity index (χ2n) is 3.92. The SMILES string of the molecule is O=C(Cn1ccc(C(F)(F)F)n1)OCc1nccc[n+]1[O-]. The normalized spacial score (nSPS) is 11.4. The number of rotatable bonds is 4. The third-order valence-corrected chi connectivity index (χ3v) is 2.37. The van der Waals surface area contributed by atoms with Crippen LogP contribution in [0.1, 0.15) is 11.5 Å². The molecule has 0 radical (unpaired) electrons. The maximum atomic E-state index is 12.3. The Hall–Kier alpha value is -2.65. The first kappa shape index (κ1) is 14.8. The van der Waals surface area contributed by atoms with Gasteiger partial charge in [0.2, 0.25) is 0 Å². The van der Waals surface area contributed by atoms with Crippen LogP contribution in [0.25, 0.3) is 0 Å². The number of nitrogens with zero attached hydrogens (tertiary/aromatic N) is 4. The van der Waals surface area contributed by atoms with Crippen molar-refractivity contribution in [2.45, 2.75) is 19.3 Å². The second kappa shape index (κ2) is 5.77. The first-order chi connectivity index (χ1) is 9.86. The summed E-state index contributed by atoms with van der Waals surface area (Å²) in [7, 11) is 0. The molecule has 0 amide bonds. The third kappa shape index (κ3) is 3.91. The van der Waals surface area contributed by atoms with E-state index < -0.39 is 24.4 Å². The van der Waals surface area contributed by atoms with Crippen LogP contribution in [0.15, 0.2) is 30.7 Å². The van der Waals surface area contributed by atoms with Crippen LogP contribution in [0.3, 0.4) is 0 Å². The molecule has 0 spiro atoms. The summed E-state index contributed by atoms with van der Waals surface area (Å²) in [6.07, 6.45) is -1.03. The number of esters is 1. The largest absolute Gasteiger partial charge is 0.711 e. The van der Waals surface area contributed by atoms with Crippen LogP contribution < -0.4 is 4.73 Å². The average Bonchev–Trinajstić information content (AvgIpc) is 2.86. The quantitative estimate of drug-likeness (QED) is 0.471. The van der Waals surface area contributed by atoms with Crippen molar-refractivity contribution in [2.24, 2.45) is 0 Å². The van der Waals surface area contributed by atoms with Crippen LogP contribution in [0.5, 0.6) is 0 Å². The molecule has 0 N–H and O–H groups in total. The van der Waals surface area contributed by atoms with Gasteiger partial charge < -0.3 is 9.94 Å².